The van der Waals surface area contributed by atoms with Crippen molar-refractivity contribution in [2.75, 3.05) is 12.8 Å². The molecule has 0 aliphatic rings. The summed E-state index contributed by atoms with van der Waals surface area (Å²) in [5.41, 5.74) is 2.03. The lowest BCUT2D eigenvalue weighted by Crippen LogP contribution is -2.25. The number of hydrogen-bond acceptors (Lipinski definition) is 3. The third kappa shape index (κ3) is 3.46. The summed E-state index contributed by atoms with van der Waals surface area (Å²) in [5, 5.41) is 3.08. The van der Waals surface area contributed by atoms with E-state index < -0.39 is 9.84 Å². The minimum absolute atomic E-state index is 0.0522. The Morgan fingerprint density at radius 1 is 1.00 bits per heavy atom. The second-order valence-electron chi connectivity index (χ2n) is 4.85. The van der Waals surface area contributed by atoms with Crippen LogP contribution in [0.1, 0.15) is 17.2 Å². The van der Waals surface area contributed by atoms with E-state index in [4.69, 9.17) is 0 Å². The summed E-state index contributed by atoms with van der Waals surface area (Å²) < 4.78 is 24.9. The summed E-state index contributed by atoms with van der Waals surface area (Å²) in [6.45, 7) is 1.94. The maximum Gasteiger partial charge on any atom is 0.180 e. The van der Waals surface area contributed by atoms with Crippen LogP contribution in [0, 0.1) is 6.92 Å². The van der Waals surface area contributed by atoms with E-state index in [1.807, 2.05) is 49.4 Å². The van der Waals surface area contributed by atoms with Gasteiger partial charge in [0.1, 0.15) is 0 Å². The first-order valence-corrected chi connectivity index (χ1v) is 8.20. The third-order valence-corrected chi connectivity index (χ3v) is 5.08. The van der Waals surface area contributed by atoms with Gasteiger partial charge < -0.3 is 5.32 Å². The van der Waals surface area contributed by atoms with Gasteiger partial charge in [0, 0.05) is 6.04 Å². The van der Waals surface area contributed by atoms with E-state index in [9.17, 15) is 8.42 Å². The van der Waals surface area contributed by atoms with Gasteiger partial charge in [-0.3, -0.25) is 0 Å². The zero-order valence-corrected chi connectivity index (χ0v) is 12.5. The van der Waals surface area contributed by atoms with Gasteiger partial charge in [0.05, 0.1) is 10.6 Å². The topological polar surface area (TPSA) is 46.2 Å². The molecule has 106 valence electrons. The minimum Gasteiger partial charge on any atom is -0.312 e. The van der Waals surface area contributed by atoms with Crippen LogP contribution < -0.4 is 5.32 Å². The highest BCUT2D eigenvalue weighted by atomic mass is 32.2. The van der Waals surface area contributed by atoms with Crippen molar-refractivity contribution in [3.05, 3.63) is 65.7 Å². The van der Waals surface area contributed by atoms with Crippen LogP contribution >= 0.6 is 0 Å². The van der Waals surface area contributed by atoms with E-state index in [0.29, 0.717) is 4.90 Å². The molecular formula is C16H19NO2S. The summed E-state index contributed by atoms with van der Waals surface area (Å²) in [5.74, 6) is 0.0522. The Morgan fingerprint density at radius 3 is 2.15 bits per heavy atom. The summed E-state index contributed by atoms with van der Waals surface area (Å²) in [4.78, 5) is 0.374. The molecule has 0 heterocycles. The normalized spacial score (nSPS) is 13.1. The molecule has 0 radical (unpaired) electrons. The van der Waals surface area contributed by atoms with E-state index >= 15 is 0 Å². The fourth-order valence-electron chi connectivity index (χ4n) is 2.09. The molecule has 0 saturated heterocycles. The summed E-state index contributed by atoms with van der Waals surface area (Å²) >= 11 is 0. The smallest absolute Gasteiger partial charge is 0.180 e. The number of nitrogens with one attached hydrogen (secondary N) is 1. The van der Waals surface area contributed by atoms with Crippen molar-refractivity contribution < 1.29 is 8.42 Å². The third-order valence-electron chi connectivity index (χ3n) is 3.32. The van der Waals surface area contributed by atoms with Crippen LogP contribution in [-0.4, -0.2) is 21.2 Å². The minimum atomic E-state index is -3.30. The van der Waals surface area contributed by atoms with E-state index in [0.717, 1.165) is 11.1 Å². The molecule has 0 spiro atoms. The fraction of sp³-hybridized carbons (Fsp3) is 0.250. The molecule has 0 aliphatic heterocycles. The van der Waals surface area contributed by atoms with Crippen LogP contribution in [-0.2, 0) is 9.84 Å². The number of benzene rings is 2. The Kier molecular flexibility index (Phi) is 4.57. The highest BCUT2D eigenvalue weighted by Gasteiger charge is 2.21. The Hall–Kier alpha value is -1.65. The van der Waals surface area contributed by atoms with Crippen molar-refractivity contribution in [2.45, 2.75) is 17.9 Å². The molecule has 2 rings (SSSR count). The largest absolute Gasteiger partial charge is 0.312 e. The van der Waals surface area contributed by atoms with Crippen molar-refractivity contribution in [3.63, 3.8) is 0 Å². The van der Waals surface area contributed by atoms with Gasteiger partial charge >= 0.3 is 0 Å². The van der Waals surface area contributed by atoms with Gasteiger partial charge in [-0.2, -0.15) is 0 Å². The van der Waals surface area contributed by atoms with Crippen LogP contribution in [0.3, 0.4) is 0 Å². The summed E-state index contributed by atoms with van der Waals surface area (Å²) in [6, 6.07) is 16.4. The van der Waals surface area contributed by atoms with Gasteiger partial charge in [-0.1, -0.05) is 48.0 Å². The maximum absolute atomic E-state index is 12.4. The first-order valence-electron chi connectivity index (χ1n) is 6.54. The van der Waals surface area contributed by atoms with E-state index in [1.165, 1.54) is 0 Å². The van der Waals surface area contributed by atoms with Crippen molar-refractivity contribution in [2.24, 2.45) is 0 Å². The molecule has 4 heteroatoms. The number of rotatable bonds is 5. The number of aryl methyl sites for hydroxylation is 1. The van der Waals surface area contributed by atoms with Crippen molar-refractivity contribution in [3.8, 4) is 0 Å². The molecule has 1 atom stereocenters. The molecule has 0 aliphatic carbocycles. The highest BCUT2D eigenvalue weighted by molar-refractivity contribution is 7.91. The zero-order valence-electron chi connectivity index (χ0n) is 11.7. The first-order chi connectivity index (χ1) is 9.53. The van der Waals surface area contributed by atoms with Crippen LogP contribution in [0.2, 0.25) is 0 Å². The molecule has 0 fully saturated rings. The van der Waals surface area contributed by atoms with Crippen molar-refractivity contribution >= 4 is 9.84 Å². The molecule has 0 amide bonds. The van der Waals surface area contributed by atoms with Crippen molar-refractivity contribution in [1.29, 1.82) is 0 Å². The van der Waals surface area contributed by atoms with Crippen LogP contribution in [0.4, 0.5) is 0 Å². The van der Waals surface area contributed by atoms with Gasteiger partial charge in [-0.05, 0) is 31.7 Å². The van der Waals surface area contributed by atoms with E-state index in [2.05, 4.69) is 5.32 Å². The Labute approximate surface area is 120 Å². The molecular weight excluding hydrogens is 270 g/mol. The fourth-order valence-corrected chi connectivity index (χ4v) is 3.63. The standard InChI is InChI=1S/C16H19NO2S/c1-13-8-10-15(11-9-13)20(18,19)12-16(17-2)14-6-4-3-5-7-14/h3-11,16-17H,12H2,1-2H3. The molecule has 0 bridgehead atoms. The Bertz CT molecular complexity index is 649. The number of sulfone groups is 1. The van der Waals surface area contributed by atoms with Crippen LogP contribution in [0.25, 0.3) is 0 Å². The summed E-state index contributed by atoms with van der Waals surface area (Å²) in [7, 11) is -1.52. The first kappa shape index (κ1) is 14.8. The zero-order chi connectivity index (χ0) is 14.6. The molecule has 3 nitrogen and oxygen atoms in total. The lowest BCUT2D eigenvalue weighted by molar-refractivity contribution is 0.574. The monoisotopic (exact) mass is 289 g/mol. The maximum atomic E-state index is 12.4. The van der Waals surface area contributed by atoms with Crippen molar-refractivity contribution in [1.82, 2.24) is 5.32 Å². The van der Waals surface area contributed by atoms with Gasteiger partial charge in [0.2, 0.25) is 0 Å². The predicted molar refractivity (Wildman–Crippen MR) is 81.5 cm³/mol. The molecule has 0 saturated carbocycles. The molecule has 1 N–H and O–H groups in total. The Balaban J connectivity index is 2.24. The second-order valence-corrected chi connectivity index (χ2v) is 6.88. The average Bonchev–Trinajstić information content (AvgIpc) is 2.46. The van der Waals surface area contributed by atoms with Gasteiger partial charge in [-0.25, -0.2) is 8.42 Å². The van der Waals surface area contributed by atoms with Gasteiger partial charge in [0.25, 0.3) is 0 Å². The van der Waals surface area contributed by atoms with E-state index in [1.54, 1.807) is 19.2 Å². The average molecular weight is 289 g/mol. The van der Waals surface area contributed by atoms with Gasteiger partial charge in [-0.15, -0.1) is 0 Å². The van der Waals surface area contributed by atoms with Crippen LogP contribution in [0.15, 0.2) is 59.5 Å². The predicted octanol–water partition coefficient (Wildman–Crippen LogP) is 2.73. The van der Waals surface area contributed by atoms with Gasteiger partial charge in [0.15, 0.2) is 9.84 Å². The molecule has 2 aromatic rings. The number of hydrogen-bond donors (Lipinski definition) is 1. The van der Waals surface area contributed by atoms with Crippen LogP contribution in [0.5, 0.6) is 0 Å². The molecule has 20 heavy (non-hydrogen) atoms. The lowest BCUT2D eigenvalue weighted by atomic mass is 10.1. The summed E-state index contributed by atoms with van der Waals surface area (Å²) in [6.07, 6.45) is 0. The molecule has 2 aromatic carbocycles. The second kappa shape index (κ2) is 6.20. The quantitative estimate of drug-likeness (QED) is 0.920. The Morgan fingerprint density at radius 2 is 1.60 bits per heavy atom. The SMILES string of the molecule is CNC(CS(=O)(=O)c1ccc(C)cc1)c1ccccc1. The highest BCUT2D eigenvalue weighted by Crippen LogP contribution is 2.20. The molecule has 0 aromatic heterocycles. The lowest BCUT2D eigenvalue weighted by Gasteiger charge is -2.17. The molecule has 1 unspecified atom stereocenters. The van der Waals surface area contributed by atoms with E-state index in [-0.39, 0.29) is 11.8 Å².